The number of anilines is 1. The highest BCUT2D eigenvalue weighted by Gasteiger charge is 2.33. The van der Waals surface area contributed by atoms with Gasteiger partial charge in [-0.15, -0.1) is 0 Å². The third kappa shape index (κ3) is 3.96. The number of para-hydroxylation sites is 1. The molecule has 0 spiro atoms. The highest BCUT2D eigenvalue weighted by atomic mass is 79.9. The molecule has 2 aromatic carbocycles. The summed E-state index contributed by atoms with van der Waals surface area (Å²) in [7, 11) is 3.05. The number of urea groups is 1. The number of nitrogens with one attached hydrogen (secondary N) is 3. The average Bonchev–Trinajstić information content (AvgIpc) is 2.68. The van der Waals surface area contributed by atoms with Crippen molar-refractivity contribution in [2.24, 2.45) is 0 Å². The Kier molecular flexibility index (Phi) is 5.89. The van der Waals surface area contributed by atoms with Gasteiger partial charge in [-0.3, -0.25) is 4.79 Å². The van der Waals surface area contributed by atoms with Gasteiger partial charge in [0, 0.05) is 21.4 Å². The van der Waals surface area contributed by atoms with Gasteiger partial charge in [-0.1, -0.05) is 28.1 Å². The number of hydrogen-bond donors (Lipinski definition) is 3. The molecule has 7 nitrogen and oxygen atoms in total. The van der Waals surface area contributed by atoms with Crippen molar-refractivity contribution in [2.45, 2.75) is 13.0 Å². The number of allylic oxidation sites excluding steroid dienone is 1. The van der Waals surface area contributed by atoms with Crippen LogP contribution in [-0.4, -0.2) is 26.2 Å². The van der Waals surface area contributed by atoms with Gasteiger partial charge in [0.05, 0.1) is 25.8 Å². The molecular weight excluding hydrogens is 426 g/mol. The largest absolute Gasteiger partial charge is 0.493 e. The molecule has 0 aromatic heterocycles. The van der Waals surface area contributed by atoms with Gasteiger partial charge in [-0.25, -0.2) is 4.79 Å². The summed E-state index contributed by atoms with van der Waals surface area (Å²) in [5.41, 5.74) is 2.11. The third-order valence-corrected chi connectivity index (χ3v) is 4.89. The normalized spacial score (nSPS) is 16.1. The Morgan fingerprint density at radius 3 is 2.46 bits per heavy atom. The number of carbonyl (C=O) groups excluding carboxylic acids is 2. The lowest BCUT2D eigenvalue weighted by atomic mass is 9.93. The van der Waals surface area contributed by atoms with Crippen molar-refractivity contribution in [1.82, 2.24) is 10.6 Å². The van der Waals surface area contributed by atoms with Crippen LogP contribution in [0.5, 0.6) is 11.5 Å². The average molecular weight is 446 g/mol. The van der Waals surface area contributed by atoms with Crippen LogP contribution in [0.1, 0.15) is 18.5 Å². The van der Waals surface area contributed by atoms with Crippen LogP contribution in [0.4, 0.5) is 10.5 Å². The van der Waals surface area contributed by atoms with Crippen LogP contribution in [0.3, 0.4) is 0 Å². The molecule has 1 atom stereocenters. The SMILES string of the molecule is COc1cccc([C@@H]2NC(=O)NC(C)=C2C(=O)Nc2ccc(Br)cc2)c1OC. The van der Waals surface area contributed by atoms with Crippen LogP contribution in [0.25, 0.3) is 0 Å². The number of rotatable bonds is 5. The van der Waals surface area contributed by atoms with Crippen molar-refractivity contribution in [3.05, 3.63) is 63.8 Å². The van der Waals surface area contributed by atoms with E-state index in [1.54, 1.807) is 37.3 Å². The summed E-state index contributed by atoms with van der Waals surface area (Å²) in [6, 6.07) is 11.5. The van der Waals surface area contributed by atoms with Gasteiger partial charge >= 0.3 is 6.03 Å². The van der Waals surface area contributed by atoms with E-state index in [1.165, 1.54) is 14.2 Å². The molecule has 0 saturated heterocycles. The molecule has 0 aliphatic carbocycles. The maximum Gasteiger partial charge on any atom is 0.319 e. The van der Waals surface area contributed by atoms with Crippen LogP contribution >= 0.6 is 15.9 Å². The minimum absolute atomic E-state index is 0.331. The smallest absolute Gasteiger partial charge is 0.319 e. The standard InChI is InChI=1S/C20H20BrN3O4/c1-11-16(19(25)23-13-9-7-12(21)8-10-13)17(24-20(26)22-11)14-5-4-6-15(27-2)18(14)28-3/h4-10,17H,1-3H3,(H,23,25)(H2,22,24,26)/t17-/m0/s1. The molecule has 3 amide bonds. The van der Waals surface area contributed by atoms with E-state index in [4.69, 9.17) is 9.47 Å². The molecule has 3 rings (SSSR count). The van der Waals surface area contributed by atoms with Gasteiger partial charge in [-0.05, 0) is 37.3 Å². The number of hydrogen-bond acceptors (Lipinski definition) is 4. The number of ether oxygens (including phenoxy) is 2. The van der Waals surface area contributed by atoms with Crippen molar-refractivity contribution in [3.8, 4) is 11.5 Å². The lowest BCUT2D eigenvalue weighted by Gasteiger charge is -2.30. The first-order valence-corrected chi connectivity index (χ1v) is 9.30. The van der Waals surface area contributed by atoms with Gasteiger partial charge in [0.25, 0.3) is 5.91 Å². The maximum atomic E-state index is 13.1. The molecule has 0 fully saturated rings. The molecule has 0 radical (unpaired) electrons. The molecule has 3 N–H and O–H groups in total. The van der Waals surface area contributed by atoms with E-state index in [1.807, 2.05) is 12.1 Å². The minimum atomic E-state index is -0.700. The molecule has 146 valence electrons. The Balaban J connectivity index is 2.02. The molecule has 0 unspecified atom stereocenters. The molecule has 1 aliphatic rings. The van der Waals surface area contributed by atoms with E-state index in [2.05, 4.69) is 31.9 Å². The van der Waals surface area contributed by atoms with Gasteiger partial charge < -0.3 is 25.4 Å². The van der Waals surface area contributed by atoms with Crippen molar-refractivity contribution in [2.75, 3.05) is 19.5 Å². The highest BCUT2D eigenvalue weighted by molar-refractivity contribution is 9.10. The maximum absolute atomic E-state index is 13.1. The highest BCUT2D eigenvalue weighted by Crippen LogP contribution is 2.39. The van der Waals surface area contributed by atoms with Crippen LogP contribution in [0.15, 0.2) is 58.2 Å². The first-order chi connectivity index (χ1) is 13.4. The fourth-order valence-electron chi connectivity index (χ4n) is 3.10. The lowest BCUT2D eigenvalue weighted by Crippen LogP contribution is -2.46. The summed E-state index contributed by atoms with van der Waals surface area (Å²) in [6.45, 7) is 1.69. The quantitative estimate of drug-likeness (QED) is 0.653. The van der Waals surface area contributed by atoms with Crippen LogP contribution in [-0.2, 0) is 4.79 Å². The fraction of sp³-hybridized carbons (Fsp3) is 0.200. The van der Waals surface area contributed by atoms with Gasteiger partial charge in [0.1, 0.15) is 0 Å². The molecule has 0 saturated carbocycles. The zero-order valence-electron chi connectivity index (χ0n) is 15.6. The van der Waals surface area contributed by atoms with E-state index in [-0.39, 0.29) is 5.91 Å². The summed E-state index contributed by atoms with van der Waals surface area (Å²) >= 11 is 3.37. The summed E-state index contributed by atoms with van der Waals surface area (Å²) in [5, 5.41) is 8.33. The summed E-state index contributed by atoms with van der Waals surface area (Å²) in [4.78, 5) is 25.2. The summed E-state index contributed by atoms with van der Waals surface area (Å²) < 4.78 is 11.8. The first-order valence-electron chi connectivity index (χ1n) is 8.50. The fourth-order valence-corrected chi connectivity index (χ4v) is 3.36. The number of methoxy groups -OCH3 is 2. The minimum Gasteiger partial charge on any atom is -0.493 e. The number of carbonyl (C=O) groups is 2. The monoisotopic (exact) mass is 445 g/mol. The third-order valence-electron chi connectivity index (χ3n) is 4.36. The zero-order valence-corrected chi connectivity index (χ0v) is 17.2. The van der Waals surface area contributed by atoms with E-state index >= 15 is 0 Å². The van der Waals surface area contributed by atoms with Gasteiger partial charge in [0.2, 0.25) is 0 Å². The van der Waals surface area contributed by atoms with E-state index in [0.29, 0.717) is 34.0 Å². The number of benzene rings is 2. The van der Waals surface area contributed by atoms with Crippen molar-refractivity contribution in [1.29, 1.82) is 0 Å². The second kappa shape index (κ2) is 8.35. The molecule has 28 heavy (non-hydrogen) atoms. The summed E-state index contributed by atoms with van der Waals surface area (Å²) in [6.07, 6.45) is 0. The predicted molar refractivity (Wildman–Crippen MR) is 109 cm³/mol. The molecule has 0 bridgehead atoms. The Hall–Kier alpha value is -3.00. The van der Waals surface area contributed by atoms with Gasteiger partial charge in [-0.2, -0.15) is 0 Å². The van der Waals surface area contributed by atoms with Crippen LogP contribution in [0, 0.1) is 0 Å². The van der Waals surface area contributed by atoms with Crippen LogP contribution in [0.2, 0.25) is 0 Å². The Bertz CT molecular complexity index is 941. The van der Waals surface area contributed by atoms with Crippen LogP contribution < -0.4 is 25.4 Å². The Morgan fingerprint density at radius 1 is 1.11 bits per heavy atom. The predicted octanol–water partition coefficient (Wildman–Crippen LogP) is 3.73. The zero-order chi connectivity index (χ0) is 20.3. The van der Waals surface area contributed by atoms with Crippen molar-refractivity contribution < 1.29 is 19.1 Å². The second-order valence-electron chi connectivity index (χ2n) is 6.11. The van der Waals surface area contributed by atoms with E-state index in [0.717, 1.165) is 4.47 Å². The first kappa shape index (κ1) is 19.8. The summed E-state index contributed by atoms with van der Waals surface area (Å²) in [5.74, 6) is 0.638. The number of amides is 3. The molecular formula is C20H20BrN3O4. The second-order valence-corrected chi connectivity index (χ2v) is 7.03. The van der Waals surface area contributed by atoms with E-state index < -0.39 is 12.1 Å². The molecule has 1 aliphatic heterocycles. The topological polar surface area (TPSA) is 88.7 Å². The Labute approximate surface area is 171 Å². The molecule has 1 heterocycles. The van der Waals surface area contributed by atoms with Crippen molar-refractivity contribution in [3.63, 3.8) is 0 Å². The molecule has 8 heteroatoms. The molecule has 2 aromatic rings. The van der Waals surface area contributed by atoms with Gasteiger partial charge in [0.15, 0.2) is 11.5 Å². The lowest BCUT2D eigenvalue weighted by molar-refractivity contribution is -0.113. The number of halogens is 1. The Morgan fingerprint density at radius 2 is 1.82 bits per heavy atom. The van der Waals surface area contributed by atoms with E-state index in [9.17, 15) is 9.59 Å². The van der Waals surface area contributed by atoms with Crippen molar-refractivity contribution >= 4 is 33.6 Å².